The first-order valence-electron chi connectivity index (χ1n) is 9.73. The molecule has 0 aliphatic heterocycles. The van der Waals surface area contributed by atoms with Crippen molar-refractivity contribution in [1.29, 1.82) is 0 Å². The maximum absolute atomic E-state index is 12.2. The molecule has 10 nitrogen and oxygen atoms in total. The van der Waals surface area contributed by atoms with E-state index >= 15 is 0 Å². The molecule has 1 aromatic rings. The van der Waals surface area contributed by atoms with Crippen molar-refractivity contribution < 1.29 is 42.9 Å². The van der Waals surface area contributed by atoms with Crippen LogP contribution in [0.15, 0.2) is 18.2 Å². The molecule has 172 valence electrons. The summed E-state index contributed by atoms with van der Waals surface area (Å²) in [6, 6.07) is 3.44. The molecule has 0 heterocycles. The summed E-state index contributed by atoms with van der Waals surface area (Å²) in [7, 11) is 0. The van der Waals surface area contributed by atoms with Gasteiger partial charge in [-0.25, -0.2) is 4.79 Å². The molecule has 2 N–H and O–H groups in total. The Kier molecular flexibility index (Phi) is 10.5. The lowest BCUT2D eigenvalue weighted by Crippen LogP contribution is -2.36. The molecule has 0 saturated heterocycles. The van der Waals surface area contributed by atoms with E-state index in [1.165, 1.54) is 26.0 Å². The summed E-state index contributed by atoms with van der Waals surface area (Å²) in [5.41, 5.74) is 6.44. The Hall–Kier alpha value is -3.14. The quantitative estimate of drug-likeness (QED) is 0.426. The van der Waals surface area contributed by atoms with E-state index in [9.17, 15) is 19.2 Å². The molecule has 1 rings (SSSR count). The van der Waals surface area contributed by atoms with Gasteiger partial charge in [-0.05, 0) is 37.0 Å². The smallest absolute Gasteiger partial charge is 0.461 e. The maximum Gasteiger partial charge on any atom is 0.508 e. The Morgan fingerprint density at radius 1 is 0.903 bits per heavy atom. The van der Waals surface area contributed by atoms with E-state index in [1.807, 2.05) is 13.8 Å². The third kappa shape index (κ3) is 10.4. The summed E-state index contributed by atoms with van der Waals surface area (Å²) in [6.45, 7) is 7.78. The van der Waals surface area contributed by atoms with Crippen LogP contribution < -0.4 is 15.2 Å². The summed E-state index contributed by atoms with van der Waals surface area (Å²) < 4.78 is 25.0. The van der Waals surface area contributed by atoms with Crippen LogP contribution in [-0.2, 0) is 35.0 Å². The molecule has 31 heavy (non-hydrogen) atoms. The number of nitrogens with two attached hydrogens (primary N) is 1. The van der Waals surface area contributed by atoms with Crippen molar-refractivity contribution in [3.63, 3.8) is 0 Å². The molecule has 0 aromatic heterocycles. The number of hydrogen-bond donors (Lipinski definition) is 1. The van der Waals surface area contributed by atoms with Gasteiger partial charge in [-0.1, -0.05) is 19.9 Å². The highest BCUT2D eigenvalue weighted by Gasteiger charge is 2.20. The molecule has 1 aromatic carbocycles. The molecule has 0 fully saturated rings. The number of rotatable bonds is 10. The van der Waals surface area contributed by atoms with Crippen LogP contribution >= 0.6 is 0 Å². The minimum atomic E-state index is -1.02. The Balaban J connectivity index is 2.62. The second-order valence-electron chi connectivity index (χ2n) is 7.29. The standard InChI is InChI=1S/C21H29NO9/c1-12(2)10-28-21(26)29-13(3)11-27-20(25)17(22)8-16-6-7-18(30-14(4)23)19(9-16)31-15(5)24/h6-7,9,12-13,17H,8,10-11,22H2,1-5H3/t13-,17-/m0/s1. The molecule has 0 unspecified atom stereocenters. The highest BCUT2D eigenvalue weighted by atomic mass is 16.7. The van der Waals surface area contributed by atoms with Crippen molar-refractivity contribution in [3.05, 3.63) is 23.8 Å². The topological polar surface area (TPSA) is 140 Å². The van der Waals surface area contributed by atoms with Crippen molar-refractivity contribution in [2.24, 2.45) is 11.7 Å². The maximum atomic E-state index is 12.2. The average molecular weight is 439 g/mol. The van der Waals surface area contributed by atoms with E-state index in [0.717, 1.165) is 0 Å². The van der Waals surface area contributed by atoms with Gasteiger partial charge in [0, 0.05) is 13.8 Å². The van der Waals surface area contributed by atoms with E-state index < -0.39 is 36.2 Å². The summed E-state index contributed by atoms with van der Waals surface area (Å²) >= 11 is 0. The third-order valence-corrected chi connectivity index (χ3v) is 3.57. The molecule has 0 aliphatic carbocycles. The summed E-state index contributed by atoms with van der Waals surface area (Å²) in [5.74, 6) is -1.62. The van der Waals surface area contributed by atoms with Gasteiger partial charge in [0.1, 0.15) is 18.8 Å². The summed E-state index contributed by atoms with van der Waals surface area (Å²) in [5, 5.41) is 0. The number of ether oxygens (including phenoxy) is 5. The van der Waals surface area contributed by atoms with Crippen LogP contribution in [0, 0.1) is 5.92 Å². The zero-order valence-electron chi connectivity index (χ0n) is 18.3. The zero-order valence-corrected chi connectivity index (χ0v) is 18.3. The number of carbonyl (C=O) groups is 4. The van der Waals surface area contributed by atoms with E-state index in [2.05, 4.69) is 0 Å². The van der Waals surface area contributed by atoms with Crippen molar-refractivity contribution in [3.8, 4) is 11.5 Å². The van der Waals surface area contributed by atoms with E-state index in [4.69, 9.17) is 29.4 Å². The SMILES string of the molecule is CC(=O)Oc1ccc(C[C@H](N)C(=O)OC[C@H](C)OC(=O)OCC(C)C)cc1OC(C)=O. The number of benzene rings is 1. The number of esters is 3. The van der Waals surface area contributed by atoms with Crippen molar-refractivity contribution in [2.45, 2.75) is 53.2 Å². The van der Waals surface area contributed by atoms with Gasteiger partial charge in [-0.15, -0.1) is 0 Å². The molecular formula is C21H29NO9. The van der Waals surface area contributed by atoms with Crippen LogP contribution in [0.4, 0.5) is 4.79 Å². The molecule has 0 bridgehead atoms. The summed E-state index contributed by atoms with van der Waals surface area (Å²) in [6.07, 6.45) is -1.49. The molecule has 10 heteroatoms. The monoisotopic (exact) mass is 439 g/mol. The highest BCUT2D eigenvalue weighted by molar-refractivity contribution is 5.76. The third-order valence-electron chi connectivity index (χ3n) is 3.57. The van der Waals surface area contributed by atoms with Crippen molar-refractivity contribution >= 4 is 24.1 Å². The predicted molar refractivity (Wildman–Crippen MR) is 108 cm³/mol. The van der Waals surface area contributed by atoms with Gasteiger partial charge in [0.25, 0.3) is 0 Å². The minimum Gasteiger partial charge on any atom is -0.461 e. The van der Waals surface area contributed by atoms with Crippen molar-refractivity contribution in [2.75, 3.05) is 13.2 Å². The fourth-order valence-corrected chi connectivity index (χ4v) is 2.26. The van der Waals surface area contributed by atoms with Gasteiger partial charge in [-0.3, -0.25) is 14.4 Å². The van der Waals surface area contributed by atoms with Crippen LogP contribution in [0.1, 0.15) is 40.2 Å². The second kappa shape index (κ2) is 12.5. The Bertz CT molecular complexity index is 791. The van der Waals surface area contributed by atoms with Crippen LogP contribution in [-0.4, -0.2) is 49.4 Å². The molecule has 0 aliphatic rings. The molecule has 0 spiro atoms. The highest BCUT2D eigenvalue weighted by Crippen LogP contribution is 2.29. The first kappa shape index (κ1) is 25.9. The van der Waals surface area contributed by atoms with Gasteiger partial charge in [0.05, 0.1) is 6.61 Å². The Morgan fingerprint density at radius 3 is 2.10 bits per heavy atom. The van der Waals surface area contributed by atoms with Gasteiger partial charge in [0.2, 0.25) is 0 Å². The van der Waals surface area contributed by atoms with Gasteiger partial charge >= 0.3 is 24.1 Å². The normalized spacial score (nSPS) is 12.5. The molecule has 2 atom stereocenters. The lowest BCUT2D eigenvalue weighted by atomic mass is 10.1. The predicted octanol–water partition coefficient (Wildman–Crippen LogP) is 2.15. The van der Waals surface area contributed by atoms with E-state index in [1.54, 1.807) is 13.0 Å². The van der Waals surface area contributed by atoms with Crippen molar-refractivity contribution in [1.82, 2.24) is 0 Å². The van der Waals surface area contributed by atoms with Gasteiger partial charge < -0.3 is 29.4 Å². The number of carbonyl (C=O) groups excluding carboxylic acids is 4. The van der Waals surface area contributed by atoms with Crippen LogP contribution in [0.5, 0.6) is 11.5 Å². The number of hydrogen-bond acceptors (Lipinski definition) is 10. The Labute approximate surface area is 180 Å². The fraction of sp³-hybridized carbons (Fsp3) is 0.524. The lowest BCUT2D eigenvalue weighted by Gasteiger charge is -2.17. The van der Waals surface area contributed by atoms with E-state index in [0.29, 0.717) is 5.56 Å². The second-order valence-corrected chi connectivity index (χ2v) is 7.29. The minimum absolute atomic E-state index is 0.0303. The molecule has 0 radical (unpaired) electrons. The van der Waals surface area contributed by atoms with Gasteiger partial charge in [-0.2, -0.15) is 0 Å². The molecule has 0 saturated carbocycles. The molecule has 0 amide bonds. The van der Waals surface area contributed by atoms with Gasteiger partial charge in [0.15, 0.2) is 11.5 Å². The first-order chi connectivity index (χ1) is 14.5. The molecular weight excluding hydrogens is 410 g/mol. The Morgan fingerprint density at radius 2 is 1.52 bits per heavy atom. The van der Waals surface area contributed by atoms with Crippen LogP contribution in [0.2, 0.25) is 0 Å². The lowest BCUT2D eigenvalue weighted by molar-refractivity contribution is -0.148. The fourth-order valence-electron chi connectivity index (χ4n) is 2.26. The zero-order chi connectivity index (χ0) is 23.6. The van der Waals surface area contributed by atoms with Crippen LogP contribution in [0.3, 0.4) is 0 Å². The first-order valence-corrected chi connectivity index (χ1v) is 9.73. The average Bonchev–Trinajstić information content (AvgIpc) is 2.65. The summed E-state index contributed by atoms with van der Waals surface area (Å²) in [4.78, 5) is 46.1. The largest absolute Gasteiger partial charge is 0.508 e. The van der Waals surface area contributed by atoms with Crippen LogP contribution in [0.25, 0.3) is 0 Å². The van der Waals surface area contributed by atoms with E-state index in [-0.39, 0.29) is 37.1 Å².